The van der Waals surface area contributed by atoms with Gasteiger partial charge in [-0.15, -0.1) is 0 Å². The van der Waals surface area contributed by atoms with E-state index in [-0.39, 0.29) is 6.01 Å². The van der Waals surface area contributed by atoms with E-state index in [1.54, 1.807) is 24.0 Å². The number of hydrogen-bond acceptors (Lipinski definition) is 8. The van der Waals surface area contributed by atoms with E-state index < -0.39 is 5.60 Å². The molecule has 1 saturated heterocycles. The lowest BCUT2D eigenvalue weighted by molar-refractivity contribution is 0.0839. The molecule has 1 aliphatic heterocycles. The molecule has 136 valence electrons. The summed E-state index contributed by atoms with van der Waals surface area (Å²) in [6, 6.07) is 3.97. The first-order valence-electron chi connectivity index (χ1n) is 8.28. The van der Waals surface area contributed by atoms with Crippen LogP contribution in [0, 0.1) is 0 Å². The van der Waals surface area contributed by atoms with Crippen LogP contribution < -0.4 is 14.4 Å². The molecule has 1 atom stereocenters. The largest absolute Gasteiger partial charge is 0.480 e. The lowest BCUT2D eigenvalue weighted by atomic mass is 10.1. The average molecular weight is 356 g/mol. The van der Waals surface area contributed by atoms with E-state index in [1.807, 2.05) is 19.1 Å². The van der Waals surface area contributed by atoms with Crippen molar-refractivity contribution in [2.24, 2.45) is 0 Å². The van der Waals surface area contributed by atoms with E-state index in [0.29, 0.717) is 35.8 Å². The van der Waals surface area contributed by atoms with Crippen molar-refractivity contribution in [3.05, 3.63) is 24.5 Å². The quantitative estimate of drug-likeness (QED) is 0.744. The van der Waals surface area contributed by atoms with Crippen molar-refractivity contribution in [3.63, 3.8) is 0 Å². The van der Waals surface area contributed by atoms with E-state index >= 15 is 0 Å². The maximum atomic E-state index is 10.3. The molecule has 0 bridgehead atoms. The number of nitrogens with zero attached hydrogens (tertiary/aromatic N) is 6. The number of fused-ring (bicyclic) bond motifs is 1. The van der Waals surface area contributed by atoms with Crippen LogP contribution >= 0.6 is 0 Å². The third kappa shape index (κ3) is 2.80. The number of ether oxygens (including phenoxy) is 2. The van der Waals surface area contributed by atoms with Crippen LogP contribution in [-0.2, 0) is 0 Å². The zero-order valence-electron chi connectivity index (χ0n) is 14.9. The van der Waals surface area contributed by atoms with Crippen molar-refractivity contribution in [2.75, 3.05) is 32.2 Å². The first-order valence-corrected chi connectivity index (χ1v) is 8.28. The summed E-state index contributed by atoms with van der Waals surface area (Å²) in [6.45, 7) is 3.11. The van der Waals surface area contributed by atoms with Gasteiger partial charge in [-0.1, -0.05) is 0 Å². The Labute approximate surface area is 150 Å². The van der Waals surface area contributed by atoms with E-state index in [4.69, 9.17) is 9.47 Å². The first kappa shape index (κ1) is 16.5. The van der Waals surface area contributed by atoms with Crippen LogP contribution in [0.5, 0.6) is 11.9 Å². The normalized spacial score (nSPS) is 19.9. The zero-order chi connectivity index (χ0) is 18.3. The molecule has 1 unspecified atom stereocenters. The Bertz CT molecular complexity index is 955. The Balaban J connectivity index is 1.85. The van der Waals surface area contributed by atoms with Gasteiger partial charge in [0.2, 0.25) is 5.88 Å². The Morgan fingerprint density at radius 2 is 2.08 bits per heavy atom. The van der Waals surface area contributed by atoms with Gasteiger partial charge in [0.25, 0.3) is 0 Å². The van der Waals surface area contributed by atoms with Crippen LogP contribution in [0.4, 0.5) is 5.82 Å². The van der Waals surface area contributed by atoms with Gasteiger partial charge in [-0.2, -0.15) is 14.6 Å². The monoisotopic (exact) mass is 356 g/mol. The lowest BCUT2D eigenvalue weighted by Crippen LogP contribution is -2.30. The van der Waals surface area contributed by atoms with E-state index in [1.165, 1.54) is 7.11 Å². The van der Waals surface area contributed by atoms with Crippen molar-refractivity contribution in [2.45, 2.75) is 18.9 Å². The smallest absolute Gasteiger partial charge is 0.319 e. The van der Waals surface area contributed by atoms with Crippen LogP contribution in [-0.4, -0.2) is 62.6 Å². The third-order valence-electron chi connectivity index (χ3n) is 4.50. The molecule has 0 saturated carbocycles. The minimum Gasteiger partial charge on any atom is -0.480 e. The minimum absolute atomic E-state index is 0.229. The van der Waals surface area contributed by atoms with Crippen LogP contribution in [0.25, 0.3) is 16.9 Å². The highest BCUT2D eigenvalue weighted by Crippen LogP contribution is 2.33. The van der Waals surface area contributed by atoms with Crippen molar-refractivity contribution in [1.82, 2.24) is 24.6 Å². The number of hydrogen-bond donors (Lipinski definition) is 1. The number of β-amino-alcohol motifs (C(OH)–C–C–N with tert-alkyl or cyclic N) is 1. The second kappa shape index (κ2) is 6.10. The Morgan fingerprint density at radius 1 is 1.23 bits per heavy atom. The fourth-order valence-corrected chi connectivity index (χ4v) is 3.18. The minimum atomic E-state index is -0.718. The molecule has 3 aromatic rings. The molecule has 3 aromatic heterocycles. The Morgan fingerprint density at radius 3 is 2.77 bits per heavy atom. The SMILES string of the molecule is COc1ncc(-c2cc(N3CCC(C)(O)C3)n3nccc3n2)c(OC)n1. The molecular formula is C17H20N6O3. The Hall–Kier alpha value is -2.94. The molecule has 1 aliphatic rings. The molecule has 4 heterocycles. The third-order valence-corrected chi connectivity index (χ3v) is 4.50. The molecule has 0 spiro atoms. The second-order valence-electron chi connectivity index (χ2n) is 6.55. The maximum Gasteiger partial charge on any atom is 0.319 e. The summed E-state index contributed by atoms with van der Waals surface area (Å²) in [5.74, 6) is 1.23. The van der Waals surface area contributed by atoms with Gasteiger partial charge in [0.1, 0.15) is 5.82 Å². The summed E-state index contributed by atoms with van der Waals surface area (Å²) in [7, 11) is 3.05. The summed E-state index contributed by atoms with van der Waals surface area (Å²) in [4.78, 5) is 15.2. The highest BCUT2D eigenvalue weighted by molar-refractivity contribution is 5.70. The van der Waals surface area contributed by atoms with Gasteiger partial charge >= 0.3 is 6.01 Å². The molecule has 1 fully saturated rings. The second-order valence-corrected chi connectivity index (χ2v) is 6.55. The molecule has 4 rings (SSSR count). The lowest BCUT2D eigenvalue weighted by Gasteiger charge is -2.22. The fraction of sp³-hybridized carbons (Fsp3) is 0.412. The fourth-order valence-electron chi connectivity index (χ4n) is 3.18. The molecule has 0 amide bonds. The van der Waals surface area contributed by atoms with Crippen LogP contribution in [0.2, 0.25) is 0 Å². The molecule has 26 heavy (non-hydrogen) atoms. The number of rotatable bonds is 4. The number of methoxy groups -OCH3 is 2. The molecule has 9 heteroatoms. The van der Waals surface area contributed by atoms with Gasteiger partial charge in [-0.25, -0.2) is 9.97 Å². The molecule has 0 aromatic carbocycles. The number of aliphatic hydroxyl groups is 1. The maximum absolute atomic E-state index is 10.3. The van der Waals surface area contributed by atoms with Gasteiger partial charge in [0.05, 0.1) is 37.3 Å². The van der Waals surface area contributed by atoms with E-state index in [9.17, 15) is 5.11 Å². The summed E-state index contributed by atoms with van der Waals surface area (Å²) in [6.07, 6.45) is 4.03. The van der Waals surface area contributed by atoms with E-state index in [2.05, 4.69) is 25.0 Å². The summed E-state index contributed by atoms with van der Waals surface area (Å²) in [5, 5.41) is 14.7. The highest BCUT2D eigenvalue weighted by Gasteiger charge is 2.33. The number of aromatic nitrogens is 5. The molecule has 1 N–H and O–H groups in total. The molecular weight excluding hydrogens is 336 g/mol. The first-order chi connectivity index (χ1) is 12.5. The van der Waals surface area contributed by atoms with Crippen LogP contribution in [0.3, 0.4) is 0 Å². The molecule has 0 aliphatic carbocycles. The van der Waals surface area contributed by atoms with E-state index in [0.717, 1.165) is 12.4 Å². The summed E-state index contributed by atoms with van der Waals surface area (Å²) in [5.41, 5.74) is 1.30. The van der Waals surface area contributed by atoms with Crippen LogP contribution in [0.1, 0.15) is 13.3 Å². The van der Waals surface area contributed by atoms with Gasteiger partial charge in [-0.3, -0.25) is 0 Å². The standard InChI is InChI=1S/C17H20N6O3/c1-17(24)5-7-22(10-17)14-8-12(20-13-4-6-19-23(13)14)11-9-18-16(26-3)21-15(11)25-2/h4,6,8-9,24H,5,7,10H2,1-3H3. The number of anilines is 1. The predicted molar refractivity (Wildman–Crippen MR) is 94.6 cm³/mol. The predicted octanol–water partition coefficient (Wildman–Crippen LogP) is 1.16. The molecule has 9 nitrogen and oxygen atoms in total. The van der Waals surface area contributed by atoms with Gasteiger partial charge in [0.15, 0.2) is 5.65 Å². The topological polar surface area (TPSA) is 97.9 Å². The van der Waals surface area contributed by atoms with Crippen molar-refractivity contribution >= 4 is 11.5 Å². The molecule has 0 radical (unpaired) electrons. The average Bonchev–Trinajstić information content (AvgIpc) is 3.26. The van der Waals surface area contributed by atoms with Crippen LogP contribution in [0.15, 0.2) is 24.5 Å². The highest BCUT2D eigenvalue weighted by atomic mass is 16.5. The van der Waals surface area contributed by atoms with Crippen molar-refractivity contribution in [3.8, 4) is 23.1 Å². The van der Waals surface area contributed by atoms with Gasteiger partial charge in [-0.05, 0) is 13.3 Å². The summed E-state index contributed by atoms with van der Waals surface area (Å²) < 4.78 is 12.2. The summed E-state index contributed by atoms with van der Waals surface area (Å²) >= 11 is 0. The zero-order valence-corrected chi connectivity index (χ0v) is 14.9. The Kier molecular flexibility index (Phi) is 3.87. The van der Waals surface area contributed by atoms with Crippen molar-refractivity contribution in [1.29, 1.82) is 0 Å². The van der Waals surface area contributed by atoms with Gasteiger partial charge < -0.3 is 19.5 Å². The van der Waals surface area contributed by atoms with Crippen molar-refractivity contribution < 1.29 is 14.6 Å². The van der Waals surface area contributed by atoms with Gasteiger partial charge in [0, 0.05) is 31.4 Å².